The van der Waals surface area contributed by atoms with Gasteiger partial charge in [0.2, 0.25) is 0 Å². The minimum Gasteiger partial charge on any atom is -0.379 e. The molecule has 2 aromatic carbocycles. The molecule has 2 N–H and O–H groups in total. The summed E-state index contributed by atoms with van der Waals surface area (Å²) in [7, 11) is 1.82. The Balaban J connectivity index is 0.00000320. The summed E-state index contributed by atoms with van der Waals surface area (Å²) >= 11 is 0. The lowest BCUT2D eigenvalue weighted by Gasteiger charge is -2.27. The number of aliphatic imine (C=N–C) groups is 1. The molecular formula is C24H35IN4O. The molecule has 1 aliphatic heterocycles. The fourth-order valence-electron chi connectivity index (χ4n) is 3.56. The molecule has 3 rings (SSSR count). The molecule has 5 nitrogen and oxygen atoms in total. The molecule has 30 heavy (non-hydrogen) atoms. The van der Waals surface area contributed by atoms with E-state index in [1.54, 1.807) is 0 Å². The third kappa shape index (κ3) is 7.56. The van der Waals surface area contributed by atoms with Crippen molar-refractivity contribution < 1.29 is 4.74 Å². The van der Waals surface area contributed by atoms with E-state index in [4.69, 9.17) is 4.74 Å². The van der Waals surface area contributed by atoms with Gasteiger partial charge in [0.15, 0.2) is 5.96 Å². The van der Waals surface area contributed by atoms with Gasteiger partial charge >= 0.3 is 0 Å². The van der Waals surface area contributed by atoms with Gasteiger partial charge < -0.3 is 15.4 Å². The van der Waals surface area contributed by atoms with Crippen molar-refractivity contribution in [1.82, 2.24) is 15.5 Å². The largest absolute Gasteiger partial charge is 0.379 e. The molecule has 0 atom stereocenters. The lowest BCUT2D eigenvalue weighted by Crippen LogP contribution is -2.43. The highest BCUT2D eigenvalue weighted by molar-refractivity contribution is 14.0. The SMILES string of the molecule is CN=C(NCc1cccc(CN2CCOCC2)c1)NCC(C)(C)c1ccccc1.I. The van der Waals surface area contributed by atoms with Gasteiger partial charge in [-0.3, -0.25) is 9.89 Å². The fourth-order valence-corrected chi connectivity index (χ4v) is 3.56. The molecule has 0 aromatic heterocycles. The number of guanidine groups is 1. The van der Waals surface area contributed by atoms with Crippen molar-refractivity contribution in [2.24, 2.45) is 4.99 Å². The molecule has 1 heterocycles. The maximum absolute atomic E-state index is 5.44. The zero-order chi connectivity index (χ0) is 20.5. The number of nitrogens with one attached hydrogen (secondary N) is 2. The molecule has 6 heteroatoms. The summed E-state index contributed by atoms with van der Waals surface area (Å²) in [5, 5.41) is 6.92. The molecule has 0 spiro atoms. The van der Waals surface area contributed by atoms with Crippen LogP contribution in [0.2, 0.25) is 0 Å². The zero-order valence-corrected chi connectivity index (χ0v) is 20.7. The van der Waals surface area contributed by atoms with Crippen LogP contribution in [0.4, 0.5) is 0 Å². The zero-order valence-electron chi connectivity index (χ0n) is 18.4. The predicted octanol–water partition coefficient (Wildman–Crippen LogP) is 3.78. The van der Waals surface area contributed by atoms with Gasteiger partial charge in [0, 0.05) is 45.2 Å². The van der Waals surface area contributed by atoms with Crippen molar-refractivity contribution in [2.45, 2.75) is 32.4 Å². The van der Waals surface area contributed by atoms with Crippen molar-refractivity contribution in [2.75, 3.05) is 39.9 Å². The average Bonchev–Trinajstić information content (AvgIpc) is 2.75. The minimum atomic E-state index is 0. The van der Waals surface area contributed by atoms with Gasteiger partial charge in [-0.15, -0.1) is 24.0 Å². The Morgan fingerprint density at radius 2 is 1.70 bits per heavy atom. The number of benzene rings is 2. The Labute approximate surface area is 198 Å². The van der Waals surface area contributed by atoms with E-state index < -0.39 is 0 Å². The van der Waals surface area contributed by atoms with Crippen LogP contribution in [0.25, 0.3) is 0 Å². The number of rotatable bonds is 7. The smallest absolute Gasteiger partial charge is 0.191 e. The van der Waals surface area contributed by atoms with E-state index in [1.807, 2.05) is 7.05 Å². The van der Waals surface area contributed by atoms with Gasteiger partial charge in [-0.1, -0.05) is 68.4 Å². The Morgan fingerprint density at radius 1 is 1.00 bits per heavy atom. The summed E-state index contributed by atoms with van der Waals surface area (Å²) < 4.78 is 5.44. The quantitative estimate of drug-likeness (QED) is 0.330. The van der Waals surface area contributed by atoms with Crippen molar-refractivity contribution in [1.29, 1.82) is 0 Å². The van der Waals surface area contributed by atoms with Crippen LogP contribution in [0.15, 0.2) is 59.6 Å². The van der Waals surface area contributed by atoms with E-state index in [0.29, 0.717) is 0 Å². The molecule has 1 fully saturated rings. The first-order valence-corrected chi connectivity index (χ1v) is 10.4. The first kappa shape index (κ1) is 24.6. The molecule has 0 saturated carbocycles. The molecule has 0 unspecified atom stereocenters. The summed E-state index contributed by atoms with van der Waals surface area (Å²) in [4.78, 5) is 6.83. The van der Waals surface area contributed by atoms with Gasteiger partial charge in [0.05, 0.1) is 13.2 Å². The summed E-state index contributed by atoms with van der Waals surface area (Å²) in [6, 6.07) is 19.4. The lowest BCUT2D eigenvalue weighted by atomic mass is 9.85. The maximum Gasteiger partial charge on any atom is 0.191 e. The molecule has 0 aliphatic carbocycles. The van der Waals surface area contributed by atoms with Crippen LogP contribution in [0.1, 0.15) is 30.5 Å². The van der Waals surface area contributed by atoms with Crippen molar-refractivity contribution >= 4 is 29.9 Å². The van der Waals surface area contributed by atoms with Crippen LogP contribution in [0.3, 0.4) is 0 Å². The Kier molecular flexibility index (Phi) is 10.1. The molecule has 2 aromatic rings. The third-order valence-electron chi connectivity index (χ3n) is 5.44. The summed E-state index contributed by atoms with van der Waals surface area (Å²) in [5.41, 5.74) is 3.95. The Hall–Kier alpha value is -1.64. The van der Waals surface area contributed by atoms with Gasteiger partial charge in [-0.25, -0.2) is 0 Å². The van der Waals surface area contributed by atoms with Gasteiger partial charge in [0.1, 0.15) is 0 Å². The number of morpholine rings is 1. The summed E-state index contributed by atoms with van der Waals surface area (Å²) in [6.07, 6.45) is 0. The lowest BCUT2D eigenvalue weighted by molar-refractivity contribution is 0.0342. The highest BCUT2D eigenvalue weighted by atomic mass is 127. The van der Waals surface area contributed by atoms with Gasteiger partial charge in [-0.05, 0) is 16.7 Å². The second-order valence-corrected chi connectivity index (χ2v) is 8.24. The molecule has 164 valence electrons. The van der Waals surface area contributed by atoms with E-state index in [0.717, 1.165) is 51.9 Å². The average molecular weight is 522 g/mol. The van der Waals surface area contributed by atoms with Crippen molar-refractivity contribution in [3.8, 4) is 0 Å². The normalized spacial score (nSPS) is 15.4. The Morgan fingerprint density at radius 3 is 2.40 bits per heavy atom. The monoisotopic (exact) mass is 522 g/mol. The molecule has 1 saturated heterocycles. The first-order valence-electron chi connectivity index (χ1n) is 10.4. The first-order chi connectivity index (χ1) is 14.1. The Bertz CT molecular complexity index is 789. The molecular weight excluding hydrogens is 487 g/mol. The van der Waals surface area contributed by atoms with Crippen LogP contribution in [0, 0.1) is 0 Å². The van der Waals surface area contributed by atoms with E-state index in [2.05, 4.69) is 89.0 Å². The highest BCUT2D eigenvalue weighted by Gasteiger charge is 2.20. The third-order valence-corrected chi connectivity index (χ3v) is 5.44. The second-order valence-electron chi connectivity index (χ2n) is 8.24. The number of ether oxygens (including phenoxy) is 1. The van der Waals surface area contributed by atoms with Crippen LogP contribution < -0.4 is 10.6 Å². The molecule has 0 bridgehead atoms. The van der Waals surface area contributed by atoms with Crippen LogP contribution in [0.5, 0.6) is 0 Å². The topological polar surface area (TPSA) is 48.9 Å². The predicted molar refractivity (Wildman–Crippen MR) is 136 cm³/mol. The van der Waals surface area contributed by atoms with Crippen molar-refractivity contribution in [3.05, 3.63) is 71.3 Å². The second kappa shape index (κ2) is 12.3. The number of hydrogen-bond donors (Lipinski definition) is 2. The highest BCUT2D eigenvalue weighted by Crippen LogP contribution is 2.21. The number of hydrogen-bond acceptors (Lipinski definition) is 3. The van der Waals surface area contributed by atoms with Gasteiger partial charge in [0.25, 0.3) is 0 Å². The van der Waals surface area contributed by atoms with E-state index in [1.165, 1.54) is 16.7 Å². The maximum atomic E-state index is 5.44. The van der Waals surface area contributed by atoms with E-state index >= 15 is 0 Å². The standard InChI is InChI=1S/C24H34N4O.HI/c1-24(2,22-10-5-4-6-11-22)19-27-23(25-3)26-17-20-8-7-9-21(16-20)18-28-12-14-29-15-13-28;/h4-11,16H,12-15,17-19H2,1-3H3,(H2,25,26,27);1H. The van der Waals surface area contributed by atoms with Crippen LogP contribution >= 0.6 is 24.0 Å². The minimum absolute atomic E-state index is 0. The molecule has 0 amide bonds. The van der Waals surface area contributed by atoms with Crippen LogP contribution in [-0.2, 0) is 23.2 Å². The molecule has 1 aliphatic rings. The number of nitrogens with zero attached hydrogens (tertiary/aromatic N) is 2. The fraction of sp³-hybridized carbons (Fsp3) is 0.458. The van der Waals surface area contributed by atoms with E-state index in [-0.39, 0.29) is 29.4 Å². The van der Waals surface area contributed by atoms with Crippen molar-refractivity contribution in [3.63, 3.8) is 0 Å². The summed E-state index contributed by atoms with van der Waals surface area (Å²) in [5.74, 6) is 0.826. The van der Waals surface area contributed by atoms with Crippen LogP contribution in [-0.4, -0.2) is 50.8 Å². The van der Waals surface area contributed by atoms with Gasteiger partial charge in [-0.2, -0.15) is 0 Å². The molecule has 0 radical (unpaired) electrons. The number of halogens is 1. The summed E-state index contributed by atoms with van der Waals surface area (Å²) in [6.45, 7) is 10.7. The van der Waals surface area contributed by atoms with E-state index in [9.17, 15) is 0 Å².